The molecule has 0 aromatic heterocycles. The van der Waals surface area contributed by atoms with Crippen molar-refractivity contribution in [2.24, 2.45) is 0 Å². The number of amides is 3. The first-order valence-corrected chi connectivity index (χ1v) is 9.88. The summed E-state index contributed by atoms with van der Waals surface area (Å²) < 4.78 is 41.1. The summed E-state index contributed by atoms with van der Waals surface area (Å²) in [5.74, 6) is -1.45. The lowest BCUT2D eigenvalue weighted by atomic mass is 9.85. The lowest BCUT2D eigenvalue weighted by Crippen LogP contribution is -2.52. The van der Waals surface area contributed by atoms with E-state index in [4.69, 9.17) is 0 Å². The van der Waals surface area contributed by atoms with E-state index in [-0.39, 0.29) is 19.0 Å². The number of anilines is 1. The van der Waals surface area contributed by atoms with Crippen molar-refractivity contribution in [3.63, 3.8) is 0 Å². The first-order valence-electron chi connectivity index (χ1n) is 9.88. The number of fused-ring (bicyclic) bond motifs is 1. The number of halogens is 3. The smallest absolute Gasteiger partial charge is 0.406 e. The second-order valence-electron chi connectivity index (χ2n) is 8.15. The monoisotopic (exact) mass is 447 g/mol. The number of hydrogen-bond acceptors (Lipinski definition) is 4. The molecule has 2 N–H and O–H groups in total. The van der Waals surface area contributed by atoms with Gasteiger partial charge in [0.1, 0.15) is 11.8 Å². The molecule has 0 saturated carbocycles. The summed E-state index contributed by atoms with van der Waals surface area (Å²) in [5, 5.41) is 5.46. The standard InChI is InChI=1S/C22H20F3N3O4/c1-21(2)15-11-13(5-8-16(15)27-20(21)31)19(30)28-10-9-26-18(29)17(28)12-3-6-14(7-4-12)32-22(23,24)25/h3-8,11,17H,9-10H2,1-2H3,(H,26,29)(H,27,31). The van der Waals surface area contributed by atoms with E-state index in [1.54, 1.807) is 32.0 Å². The number of alkyl halides is 3. The predicted molar refractivity (Wildman–Crippen MR) is 108 cm³/mol. The van der Waals surface area contributed by atoms with Gasteiger partial charge in [-0.2, -0.15) is 0 Å². The number of hydrogen-bond donors (Lipinski definition) is 2. The molecule has 2 aromatic rings. The largest absolute Gasteiger partial charge is 0.573 e. The maximum Gasteiger partial charge on any atom is 0.573 e. The molecular formula is C22H20F3N3O4. The molecule has 1 atom stereocenters. The van der Waals surface area contributed by atoms with E-state index in [1.807, 2.05) is 0 Å². The number of piperazine rings is 1. The number of carbonyl (C=O) groups excluding carboxylic acids is 3. The highest BCUT2D eigenvalue weighted by Gasteiger charge is 2.40. The summed E-state index contributed by atoms with van der Waals surface area (Å²) in [6.45, 7) is 3.97. The fourth-order valence-corrected chi connectivity index (χ4v) is 3.94. The fourth-order valence-electron chi connectivity index (χ4n) is 3.94. The van der Waals surface area contributed by atoms with Crippen LogP contribution >= 0.6 is 0 Å². The highest BCUT2D eigenvalue weighted by atomic mass is 19.4. The molecule has 0 radical (unpaired) electrons. The molecule has 10 heteroatoms. The number of rotatable bonds is 3. The minimum absolute atomic E-state index is 0.173. The Labute approximate surface area is 181 Å². The number of ether oxygens (including phenoxy) is 1. The second-order valence-corrected chi connectivity index (χ2v) is 8.15. The molecular weight excluding hydrogens is 427 g/mol. The van der Waals surface area contributed by atoms with Gasteiger partial charge in [0, 0.05) is 24.3 Å². The van der Waals surface area contributed by atoms with Crippen molar-refractivity contribution in [3.8, 4) is 5.75 Å². The molecule has 7 nitrogen and oxygen atoms in total. The summed E-state index contributed by atoms with van der Waals surface area (Å²) >= 11 is 0. The molecule has 0 aliphatic carbocycles. The van der Waals surface area contributed by atoms with Crippen molar-refractivity contribution in [1.29, 1.82) is 0 Å². The van der Waals surface area contributed by atoms with Gasteiger partial charge < -0.3 is 20.3 Å². The average Bonchev–Trinajstić information content (AvgIpc) is 2.95. The Bertz CT molecular complexity index is 1100. The van der Waals surface area contributed by atoms with Crippen LogP contribution < -0.4 is 15.4 Å². The first-order chi connectivity index (χ1) is 15.0. The molecule has 168 valence electrons. The maximum absolute atomic E-state index is 13.3. The van der Waals surface area contributed by atoms with E-state index >= 15 is 0 Å². The van der Waals surface area contributed by atoms with Gasteiger partial charge in [0.2, 0.25) is 11.8 Å². The highest BCUT2D eigenvalue weighted by molar-refractivity contribution is 6.07. The number of nitrogens with zero attached hydrogens (tertiary/aromatic N) is 1. The van der Waals surface area contributed by atoms with Crippen LogP contribution in [0.4, 0.5) is 18.9 Å². The summed E-state index contributed by atoms with van der Waals surface area (Å²) in [7, 11) is 0. The van der Waals surface area contributed by atoms with Crippen molar-refractivity contribution >= 4 is 23.4 Å². The molecule has 3 amide bonds. The lowest BCUT2D eigenvalue weighted by molar-refractivity contribution is -0.274. The SMILES string of the molecule is CC1(C)C(=O)Nc2ccc(C(=O)N3CCNC(=O)C3c3ccc(OC(F)(F)F)cc3)cc21. The minimum Gasteiger partial charge on any atom is -0.406 e. The van der Waals surface area contributed by atoms with Gasteiger partial charge in [0.15, 0.2) is 0 Å². The van der Waals surface area contributed by atoms with Crippen molar-refractivity contribution in [2.75, 3.05) is 18.4 Å². The molecule has 0 bridgehead atoms. The van der Waals surface area contributed by atoms with E-state index in [2.05, 4.69) is 15.4 Å². The second kappa shape index (κ2) is 7.54. The lowest BCUT2D eigenvalue weighted by Gasteiger charge is -2.35. The van der Waals surface area contributed by atoms with E-state index < -0.39 is 35.4 Å². The Morgan fingerprint density at radius 3 is 2.47 bits per heavy atom. The molecule has 1 fully saturated rings. The molecule has 2 aliphatic rings. The van der Waals surface area contributed by atoms with Crippen LogP contribution in [0.2, 0.25) is 0 Å². The zero-order valence-corrected chi connectivity index (χ0v) is 17.2. The van der Waals surface area contributed by atoms with Gasteiger partial charge in [0.05, 0.1) is 5.41 Å². The van der Waals surface area contributed by atoms with Gasteiger partial charge >= 0.3 is 6.36 Å². The number of benzene rings is 2. The summed E-state index contributed by atoms with van der Waals surface area (Å²) in [5.41, 5.74) is 1.16. The van der Waals surface area contributed by atoms with Crippen molar-refractivity contribution < 1.29 is 32.3 Å². The Morgan fingerprint density at radius 1 is 1.12 bits per heavy atom. The van der Waals surface area contributed by atoms with Crippen molar-refractivity contribution in [2.45, 2.75) is 31.7 Å². The van der Waals surface area contributed by atoms with Crippen LogP contribution in [-0.4, -0.2) is 42.1 Å². The Kier molecular flexibility index (Phi) is 5.10. The van der Waals surface area contributed by atoms with Crippen LogP contribution in [0.3, 0.4) is 0 Å². The number of nitrogens with one attached hydrogen (secondary N) is 2. The molecule has 2 heterocycles. The van der Waals surface area contributed by atoms with Gasteiger partial charge in [-0.25, -0.2) is 0 Å². The van der Waals surface area contributed by atoms with Crippen LogP contribution in [0.5, 0.6) is 5.75 Å². The average molecular weight is 447 g/mol. The highest BCUT2D eigenvalue weighted by Crippen LogP contribution is 2.38. The summed E-state index contributed by atoms with van der Waals surface area (Å²) in [6.07, 6.45) is -4.83. The third kappa shape index (κ3) is 3.88. The van der Waals surface area contributed by atoms with E-state index in [0.717, 1.165) is 12.1 Å². The molecule has 2 aliphatic heterocycles. The summed E-state index contributed by atoms with van der Waals surface area (Å²) in [4.78, 5) is 39.5. The van der Waals surface area contributed by atoms with Gasteiger partial charge in [0.25, 0.3) is 5.91 Å². The van der Waals surface area contributed by atoms with E-state index in [0.29, 0.717) is 22.4 Å². The Hall–Kier alpha value is -3.56. The normalized spacial score (nSPS) is 19.8. The van der Waals surface area contributed by atoms with Crippen LogP contribution in [-0.2, 0) is 15.0 Å². The van der Waals surface area contributed by atoms with Crippen molar-refractivity contribution in [1.82, 2.24) is 10.2 Å². The van der Waals surface area contributed by atoms with Gasteiger partial charge in [-0.05, 0) is 55.3 Å². The predicted octanol–water partition coefficient (Wildman–Crippen LogP) is 3.13. The maximum atomic E-state index is 13.3. The van der Waals surface area contributed by atoms with Gasteiger partial charge in [-0.1, -0.05) is 12.1 Å². The molecule has 1 unspecified atom stereocenters. The van der Waals surface area contributed by atoms with E-state index in [9.17, 15) is 27.6 Å². The fraction of sp³-hybridized carbons (Fsp3) is 0.318. The van der Waals surface area contributed by atoms with Crippen LogP contribution in [0, 0.1) is 0 Å². The van der Waals surface area contributed by atoms with Crippen molar-refractivity contribution in [3.05, 3.63) is 59.2 Å². The molecule has 32 heavy (non-hydrogen) atoms. The quantitative estimate of drug-likeness (QED) is 0.757. The zero-order valence-electron chi connectivity index (χ0n) is 17.2. The Morgan fingerprint density at radius 2 is 1.81 bits per heavy atom. The van der Waals surface area contributed by atoms with Crippen LogP contribution in [0.1, 0.15) is 41.4 Å². The third-order valence-corrected chi connectivity index (χ3v) is 5.66. The molecule has 0 spiro atoms. The summed E-state index contributed by atoms with van der Waals surface area (Å²) in [6, 6.07) is 8.70. The third-order valence-electron chi connectivity index (χ3n) is 5.66. The van der Waals surface area contributed by atoms with E-state index in [1.165, 1.54) is 17.0 Å². The molecule has 2 aromatic carbocycles. The molecule has 4 rings (SSSR count). The first kappa shape index (κ1) is 21.7. The zero-order chi connectivity index (χ0) is 23.3. The minimum atomic E-state index is -4.83. The van der Waals surface area contributed by atoms with Crippen LogP contribution in [0.15, 0.2) is 42.5 Å². The number of carbonyl (C=O) groups is 3. The van der Waals surface area contributed by atoms with Gasteiger partial charge in [-0.3, -0.25) is 14.4 Å². The Balaban J connectivity index is 1.64. The molecule has 1 saturated heterocycles. The van der Waals surface area contributed by atoms with Crippen LogP contribution in [0.25, 0.3) is 0 Å². The topological polar surface area (TPSA) is 87.7 Å². The van der Waals surface area contributed by atoms with Gasteiger partial charge in [-0.15, -0.1) is 13.2 Å².